The van der Waals surface area contributed by atoms with Gasteiger partial charge in [0.1, 0.15) is 17.7 Å². The normalized spacial score (nSPS) is 12.9. The molecule has 0 aliphatic rings. The van der Waals surface area contributed by atoms with E-state index < -0.39 is 6.10 Å². The minimum absolute atomic E-state index is 0.173. The van der Waals surface area contributed by atoms with Crippen LogP contribution < -0.4 is 14.2 Å². The first kappa shape index (κ1) is 24.3. The molecule has 0 aliphatic heterocycles. The standard InChI is InChI=1S/C24H30N4O5/c1-15(16(2)22-7-6-19(31-4)10-26-22)14-32-24-21(11-25-17(3)28-24)18-5-8-23(27-9-18)33-20(12-29)13-30/h5-11,15-16,20,29-30H,12-14H2,1-4H3/t15-,16+/m1/s1. The summed E-state index contributed by atoms with van der Waals surface area (Å²) in [7, 11) is 1.62. The minimum atomic E-state index is -0.714. The van der Waals surface area contributed by atoms with E-state index in [9.17, 15) is 0 Å². The Morgan fingerprint density at radius 2 is 1.73 bits per heavy atom. The average Bonchev–Trinajstić information content (AvgIpc) is 2.86. The van der Waals surface area contributed by atoms with Crippen LogP contribution in [0, 0.1) is 12.8 Å². The van der Waals surface area contributed by atoms with Crippen molar-refractivity contribution in [2.45, 2.75) is 32.8 Å². The molecule has 9 nitrogen and oxygen atoms in total. The lowest BCUT2D eigenvalue weighted by atomic mass is 9.93. The van der Waals surface area contributed by atoms with Gasteiger partial charge in [-0.3, -0.25) is 4.98 Å². The van der Waals surface area contributed by atoms with E-state index in [1.165, 1.54) is 0 Å². The summed E-state index contributed by atoms with van der Waals surface area (Å²) in [6, 6.07) is 7.34. The van der Waals surface area contributed by atoms with Gasteiger partial charge in [-0.15, -0.1) is 0 Å². The van der Waals surface area contributed by atoms with Crippen molar-refractivity contribution in [2.75, 3.05) is 26.9 Å². The molecule has 0 spiro atoms. The van der Waals surface area contributed by atoms with Gasteiger partial charge in [-0.2, -0.15) is 4.98 Å². The molecular formula is C24H30N4O5. The number of rotatable bonds is 11. The average molecular weight is 455 g/mol. The molecule has 0 aliphatic carbocycles. The number of hydrogen-bond donors (Lipinski definition) is 2. The topological polar surface area (TPSA) is 120 Å². The van der Waals surface area contributed by atoms with Crippen molar-refractivity contribution in [1.82, 2.24) is 19.9 Å². The highest BCUT2D eigenvalue weighted by Gasteiger charge is 2.19. The van der Waals surface area contributed by atoms with Gasteiger partial charge in [-0.1, -0.05) is 13.8 Å². The van der Waals surface area contributed by atoms with Crippen LogP contribution in [0.15, 0.2) is 42.9 Å². The van der Waals surface area contributed by atoms with Gasteiger partial charge in [-0.25, -0.2) is 9.97 Å². The van der Waals surface area contributed by atoms with Crippen LogP contribution in [0.5, 0.6) is 17.5 Å². The summed E-state index contributed by atoms with van der Waals surface area (Å²) in [5.74, 6) is 2.46. The number of pyridine rings is 2. The summed E-state index contributed by atoms with van der Waals surface area (Å²) in [6.07, 6.45) is 4.33. The molecule has 0 radical (unpaired) electrons. The van der Waals surface area contributed by atoms with E-state index in [1.54, 1.807) is 31.8 Å². The summed E-state index contributed by atoms with van der Waals surface area (Å²) in [6.45, 7) is 5.88. The molecule has 3 heterocycles. The second-order valence-corrected chi connectivity index (χ2v) is 7.83. The number of aromatic nitrogens is 4. The number of aliphatic hydroxyl groups is 2. The van der Waals surface area contributed by atoms with E-state index in [0.29, 0.717) is 29.8 Å². The smallest absolute Gasteiger partial charge is 0.224 e. The van der Waals surface area contributed by atoms with Crippen molar-refractivity contribution in [3.8, 4) is 28.6 Å². The fraction of sp³-hybridized carbons (Fsp3) is 0.417. The molecule has 9 heteroatoms. The monoisotopic (exact) mass is 454 g/mol. The van der Waals surface area contributed by atoms with Crippen LogP contribution in [-0.4, -0.2) is 63.2 Å². The lowest BCUT2D eigenvalue weighted by Gasteiger charge is -2.20. The summed E-state index contributed by atoms with van der Waals surface area (Å²) in [5.41, 5.74) is 2.44. The number of ether oxygens (including phenoxy) is 3. The van der Waals surface area contributed by atoms with E-state index in [-0.39, 0.29) is 25.0 Å². The molecule has 0 amide bonds. The Morgan fingerprint density at radius 3 is 2.33 bits per heavy atom. The maximum absolute atomic E-state index is 9.17. The molecular weight excluding hydrogens is 424 g/mol. The van der Waals surface area contributed by atoms with Crippen molar-refractivity contribution in [2.24, 2.45) is 5.92 Å². The Kier molecular flexibility index (Phi) is 8.51. The Morgan fingerprint density at radius 1 is 0.939 bits per heavy atom. The van der Waals surface area contributed by atoms with Gasteiger partial charge in [-0.05, 0) is 31.0 Å². The van der Waals surface area contributed by atoms with E-state index in [4.69, 9.17) is 24.4 Å². The van der Waals surface area contributed by atoms with Gasteiger partial charge in [0.2, 0.25) is 11.8 Å². The first-order chi connectivity index (χ1) is 15.9. The molecule has 2 N–H and O–H groups in total. The zero-order valence-corrected chi connectivity index (χ0v) is 19.3. The third-order valence-corrected chi connectivity index (χ3v) is 5.41. The molecule has 176 valence electrons. The first-order valence-electron chi connectivity index (χ1n) is 10.8. The van der Waals surface area contributed by atoms with E-state index in [0.717, 1.165) is 17.0 Å². The molecule has 0 saturated heterocycles. The molecule has 0 fully saturated rings. The zero-order chi connectivity index (χ0) is 23.8. The van der Waals surface area contributed by atoms with E-state index >= 15 is 0 Å². The van der Waals surface area contributed by atoms with Crippen molar-refractivity contribution in [1.29, 1.82) is 0 Å². The largest absolute Gasteiger partial charge is 0.495 e. The molecule has 0 unspecified atom stereocenters. The molecule has 0 saturated carbocycles. The highest BCUT2D eigenvalue weighted by Crippen LogP contribution is 2.30. The summed E-state index contributed by atoms with van der Waals surface area (Å²) in [5, 5.41) is 18.3. The van der Waals surface area contributed by atoms with Crippen molar-refractivity contribution in [3.05, 3.63) is 54.4 Å². The maximum Gasteiger partial charge on any atom is 0.224 e. The van der Waals surface area contributed by atoms with Crippen molar-refractivity contribution >= 4 is 0 Å². The quantitative estimate of drug-likeness (QED) is 0.451. The van der Waals surface area contributed by atoms with Crippen LogP contribution in [-0.2, 0) is 0 Å². The number of aliphatic hydroxyl groups excluding tert-OH is 2. The Labute approximate surface area is 193 Å². The Hall–Kier alpha value is -3.30. The summed E-state index contributed by atoms with van der Waals surface area (Å²) in [4.78, 5) is 17.5. The number of methoxy groups -OCH3 is 1. The van der Waals surface area contributed by atoms with Gasteiger partial charge in [0.05, 0.1) is 38.7 Å². The second kappa shape index (κ2) is 11.5. The SMILES string of the molecule is COc1ccc([C@@H](C)[C@H](C)COc2nc(C)ncc2-c2ccc(OC(CO)CO)nc2)nc1. The second-order valence-electron chi connectivity index (χ2n) is 7.83. The highest BCUT2D eigenvalue weighted by molar-refractivity contribution is 5.67. The third-order valence-electron chi connectivity index (χ3n) is 5.41. The predicted octanol–water partition coefficient (Wildman–Crippen LogP) is 2.80. The molecule has 33 heavy (non-hydrogen) atoms. The molecule has 0 aromatic carbocycles. The number of nitrogens with zero attached hydrogens (tertiary/aromatic N) is 4. The van der Waals surface area contributed by atoms with Gasteiger partial charge >= 0.3 is 0 Å². The molecule has 0 bridgehead atoms. The number of aryl methyl sites for hydroxylation is 1. The van der Waals surface area contributed by atoms with Crippen LogP contribution >= 0.6 is 0 Å². The Bertz CT molecular complexity index is 1010. The van der Waals surface area contributed by atoms with Crippen LogP contribution in [0.2, 0.25) is 0 Å². The van der Waals surface area contributed by atoms with Crippen LogP contribution in [0.4, 0.5) is 0 Å². The predicted molar refractivity (Wildman–Crippen MR) is 122 cm³/mol. The minimum Gasteiger partial charge on any atom is -0.495 e. The highest BCUT2D eigenvalue weighted by atomic mass is 16.5. The first-order valence-corrected chi connectivity index (χ1v) is 10.8. The summed E-state index contributed by atoms with van der Waals surface area (Å²) < 4.78 is 16.7. The third kappa shape index (κ3) is 6.36. The van der Waals surface area contributed by atoms with E-state index in [2.05, 4.69) is 33.8 Å². The van der Waals surface area contributed by atoms with Crippen LogP contribution in [0.25, 0.3) is 11.1 Å². The molecule has 3 rings (SSSR count). The summed E-state index contributed by atoms with van der Waals surface area (Å²) >= 11 is 0. The van der Waals surface area contributed by atoms with Crippen molar-refractivity contribution in [3.63, 3.8) is 0 Å². The van der Waals surface area contributed by atoms with Gasteiger partial charge in [0.25, 0.3) is 0 Å². The fourth-order valence-electron chi connectivity index (χ4n) is 3.10. The lowest BCUT2D eigenvalue weighted by Crippen LogP contribution is -2.25. The van der Waals surface area contributed by atoms with E-state index in [1.807, 2.05) is 25.1 Å². The van der Waals surface area contributed by atoms with Crippen LogP contribution in [0.3, 0.4) is 0 Å². The van der Waals surface area contributed by atoms with Crippen LogP contribution in [0.1, 0.15) is 31.3 Å². The van der Waals surface area contributed by atoms with Gasteiger partial charge < -0.3 is 24.4 Å². The fourth-order valence-corrected chi connectivity index (χ4v) is 3.10. The Balaban J connectivity index is 1.71. The van der Waals surface area contributed by atoms with Gasteiger partial charge in [0, 0.05) is 35.6 Å². The molecule has 3 aromatic heterocycles. The molecule has 2 atom stereocenters. The number of hydrogen-bond acceptors (Lipinski definition) is 9. The van der Waals surface area contributed by atoms with Crippen molar-refractivity contribution < 1.29 is 24.4 Å². The van der Waals surface area contributed by atoms with Gasteiger partial charge in [0.15, 0.2) is 0 Å². The zero-order valence-electron chi connectivity index (χ0n) is 19.3. The maximum atomic E-state index is 9.17. The lowest BCUT2D eigenvalue weighted by molar-refractivity contribution is 0.0597. The molecule has 3 aromatic rings.